The van der Waals surface area contributed by atoms with Crippen LogP contribution < -0.4 is 4.90 Å². The molecule has 0 saturated carbocycles. The van der Waals surface area contributed by atoms with E-state index in [0.29, 0.717) is 35.3 Å². The quantitative estimate of drug-likeness (QED) is 0.284. The summed E-state index contributed by atoms with van der Waals surface area (Å²) >= 11 is 6.19. The maximum absolute atomic E-state index is 13.0. The van der Waals surface area contributed by atoms with Gasteiger partial charge in [0.05, 0.1) is 24.3 Å². The number of anilines is 1. The number of benzene rings is 2. The van der Waals surface area contributed by atoms with Gasteiger partial charge in [0, 0.05) is 17.8 Å². The molecule has 0 bridgehead atoms. The van der Waals surface area contributed by atoms with E-state index in [1.165, 1.54) is 22.2 Å². The molecule has 0 N–H and O–H groups in total. The number of carbonyl (C=O) groups is 3. The van der Waals surface area contributed by atoms with Gasteiger partial charge >= 0.3 is 5.97 Å². The minimum absolute atomic E-state index is 0.00970. The molecule has 2 aliphatic rings. The molecule has 0 spiro atoms. The normalized spacial score (nSPS) is 14.7. The number of halogens is 1. The highest BCUT2D eigenvalue weighted by molar-refractivity contribution is 6.28. The van der Waals surface area contributed by atoms with Crippen LogP contribution in [-0.4, -0.2) is 51.8 Å². The summed E-state index contributed by atoms with van der Waals surface area (Å²) in [5.74, 6) is -0.745. The van der Waals surface area contributed by atoms with E-state index in [1.54, 1.807) is 31.2 Å². The number of hydrogen-bond acceptors (Lipinski definition) is 7. The zero-order valence-corrected chi connectivity index (χ0v) is 19.9. The molecule has 0 atom stereocenters. The van der Waals surface area contributed by atoms with E-state index in [0.717, 1.165) is 0 Å². The largest absolute Gasteiger partial charge is 0.465 e. The van der Waals surface area contributed by atoms with Gasteiger partial charge in [-0.25, -0.2) is 9.97 Å². The zero-order valence-electron chi connectivity index (χ0n) is 19.1. The second-order valence-corrected chi connectivity index (χ2v) is 8.83. The number of fused-ring (bicyclic) bond motifs is 2. The Morgan fingerprint density at radius 1 is 1.06 bits per heavy atom. The SMILES string of the molecule is CCOC(=O)CN(c1nc(Cl)ncc1CN1C(=O)c2ccccc2C1=O)C1Cc2ccccc2C1. The van der Waals surface area contributed by atoms with Crippen molar-refractivity contribution in [3.8, 4) is 0 Å². The van der Waals surface area contributed by atoms with E-state index in [2.05, 4.69) is 22.1 Å². The molecule has 178 valence electrons. The van der Waals surface area contributed by atoms with Crippen molar-refractivity contribution in [3.63, 3.8) is 0 Å². The number of carbonyl (C=O) groups excluding carboxylic acids is 3. The number of nitrogens with zero attached hydrogens (tertiary/aromatic N) is 4. The van der Waals surface area contributed by atoms with Gasteiger partial charge in [-0.15, -0.1) is 0 Å². The third-order valence-electron chi connectivity index (χ3n) is 6.37. The summed E-state index contributed by atoms with van der Waals surface area (Å²) in [6, 6.07) is 14.8. The monoisotopic (exact) mass is 490 g/mol. The van der Waals surface area contributed by atoms with Gasteiger partial charge in [-0.2, -0.15) is 0 Å². The first kappa shape index (κ1) is 23.0. The summed E-state index contributed by atoms with van der Waals surface area (Å²) in [6.07, 6.45) is 2.93. The van der Waals surface area contributed by atoms with Crippen LogP contribution in [0.25, 0.3) is 0 Å². The predicted molar refractivity (Wildman–Crippen MR) is 129 cm³/mol. The van der Waals surface area contributed by atoms with Crippen LogP contribution in [0.4, 0.5) is 5.82 Å². The van der Waals surface area contributed by atoms with Crippen LogP contribution in [0.1, 0.15) is 44.3 Å². The first-order valence-corrected chi connectivity index (χ1v) is 11.8. The van der Waals surface area contributed by atoms with Crippen molar-refractivity contribution in [2.45, 2.75) is 32.4 Å². The minimum Gasteiger partial charge on any atom is -0.465 e. The van der Waals surface area contributed by atoms with Crippen molar-refractivity contribution < 1.29 is 19.1 Å². The van der Waals surface area contributed by atoms with E-state index in [4.69, 9.17) is 16.3 Å². The molecular formula is C26H23ClN4O4. The highest BCUT2D eigenvalue weighted by Crippen LogP contribution is 2.32. The Kier molecular flexibility index (Phi) is 6.21. The lowest BCUT2D eigenvalue weighted by molar-refractivity contribution is -0.141. The molecule has 2 heterocycles. The lowest BCUT2D eigenvalue weighted by Gasteiger charge is -2.31. The molecule has 2 amide bonds. The van der Waals surface area contributed by atoms with Crippen LogP contribution in [0, 0.1) is 0 Å². The number of imide groups is 1. The Hall–Kier alpha value is -3.78. The second-order valence-electron chi connectivity index (χ2n) is 8.49. The molecule has 0 fully saturated rings. The first-order valence-electron chi connectivity index (χ1n) is 11.4. The maximum atomic E-state index is 13.0. The van der Waals surface area contributed by atoms with Crippen molar-refractivity contribution in [3.05, 3.63) is 87.8 Å². The summed E-state index contributed by atoms with van der Waals surface area (Å²) in [5.41, 5.74) is 3.65. The van der Waals surface area contributed by atoms with Gasteiger partial charge in [-0.1, -0.05) is 36.4 Å². The van der Waals surface area contributed by atoms with Crippen LogP contribution in [-0.2, 0) is 28.9 Å². The first-order chi connectivity index (χ1) is 17.0. The smallest absolute Gasteiger partial charge is 0.325 e. The van der Waals surface area contributed by atoms with Crippen molar-refractivity contribution in [1.29, 1.82) is 0 Å². The van der Waals surface area contributed by atoms with E-state index in [-0.39, 0.29) is 42.8 Å². The van der Waals surface area contributed by atoms with E-state index in [1.807, 2.05) is 17.0 Å². The van der Waals surface area contributed by atoms with E-state index >= 15 is 0 Å². The molecule has 2 aromatic carbocycles. The Morgan fingerprint density at radius 2 is 1.66 bits per heavy atom. The minimum atomic E-state index is -0.398. The van der Waals surface area contributed by atoms with Crippen LogP contribution in [0.2, 0.25) is 5.28 Å². The van der Waals surface area contributed by atoms with Crippen LogP contribution >= 0.6 is 11.6 Å². The zero-order chi connectivity index (χ0) is 24.5. The third-order valence-corrected chi connectivity index (χ3v) is 6.55. The van der Waals surface area contributed by atoms with Crippen molar-refractivity contribution in [1.82, 2.24) is 14.9 Å². The fourth-order valence-electron chi connectivity index (χ4n) is 4.77. The average molecular weight is 491 g/mol. The van der Waals surface area contributed by atoms with Gasteiger partial charge in [0.1, 0.15) is 12.4 Å². The fraction of sp³-hybridized carbons (Fsp3) is 0.269. The van der Waals surface area contributed by atoms with Gasteiger partial charge in [0.25, 0.3) is 11.8 Å². The lowest BCUT2D eigenvalue weighted by atomic mass is 10.1. The molecule has 5 rings (SSSR count). The molecule has 1 aliphatic heterocycles. The summed E-state index contributed by atoms with van der Waals surface area (Å²) in [7, 11) is 0. The molecule has 35 heavy (non-hydrogen) atoms. The lowest BCUT2D eigenvalue weighted by Crippen LogP contribution is -2.42. The molecule has 1 aromatic heterocycles. The maximum Gasteiger partial charge on any atom is 0.325 e. The molecule has 8 nitrogen and oxygen atoms in total. The summed E-state index contributed by atoms with van der Waals surface area (Å²) < 4.78 is 5.23. The standard InChI is InChI=1S/C26H23ClN4O4/c1-2-35-22(32)15-30(19-11-16-7-3-4-8-17(16)12-19)23-18(13-28-26(27)29-23)14-31-24(33)20-9-5-6-10-21(20)25(31)34/h3-10,13,19H,2,11-12,14-15H2,1H3. The van der Waals surface area contributed by atoms with Crippen molar-refractivity contribution in [2.24, 2.45) is 0 Å². The number of aromatic nitrogens is 2. The predicted octanol–water partition coefficient (Wildman–Crippen LogP) is 3.46. The van der Waals surface area contributed by atoms with Crippen LogP contribution in [0.5, 0.6) is 0 Å². The molecule has 3 aromatic rings. The topological polar surface area (TPSA) is 92.7 Å². The van der Waals surface area contributed by atoms with Gasteiger partial charge in [0.15, 0.2) is 0 Å². The number of hydrogen-bond donors (Lipinski definition) is 0. The number of esters is 1. The highest BCUT2D eigenvalue weighted by Gasteiger charge is 2.37. The molecular weight excluding hydrogens is 468 g/mol. The van der Waals surface area contributed by atoms with Crippen molar-refractivity contribution >= 4 is 35.2 Å². The van der Waals surface area contributed by atoms with Gasteiger partial charge in [-0.3, -0.25) is 19.3 Å². The fourth-order valence-corrected chi connectivity index (χ4v) is 4.90. The number of amides is 2. The van der Waals surface area contributed by atoms with Crippen LogP contribution in [0.3, 0.4) is 0 Å². The van der Waals surface area contributed by atoms with E-state index in [9.17, 15) is 14.4 Å². The van der Waals surface area contributed by atoms with Gasteiger partial charge in [0.2, 0.25) is 5.28 Å². The third kappa shape index (κ3) is 4.37. The molecule has 1 aliphatic carbocycles. The van der Waals surface area contributed by atoms with E-state index < -0.39 is 5.97 Å². The summed E-state index contributed by atoms with van der Waals surface area (Å²) in [5, 5.41) is 0.00970. The van der Waals surface area contributed by atoms with Crippen LogP contribution in [0.15, 0.2) is 54.7 Å². The Labute approximate surface area is 207 Å². The Balaban J connectivity index is 1.50. The van der Waals surface area contributed by atoms with Gasteiger partial charge in [-0.05, 0) is 54.6 Å². The second kappa shape index (κ2) is 9.46. The number of rotatable bonds is 7. The molecule has 9 heteroatoms. The molecule has 0 saturated heterocycles. The Morgan fingerprint density at radius 3 is 2.26 bits per heavy atom. The summed E-state index contributed by atoms with van der Waals surface area (Å²) in [6.45, 7) is 1.92. The number of ether oxygens (including phenoxy) is 1. The van der Waals surface area contributed by atoms with Crippen molar-refractivity contribution in [2.75, 3.05) is 18.1 Å². The van der Waals surface area contributed by atoms with Gasteiger partial charge < -0.3 is 9.64 Å². The molecule has 0 radical (unpaired) electrons. The molecule has 0 unspecified atom stereocenters. The Bertz CT molecular complexity index is 1270. The highest BCUT2D eigenvalue weighted by atomic mass is 35.5. The summed E-state index contributed by atoms with van der Waals surface area (Å²) in [4.78, 5) is 50.1. The average Bonchev–Trinajstić information content (AvgIpc) is 3.39.